The van der Waals surface area contributed by atoms with Gasteiger partial charge in [0, 0.05) is 11.1 Å². The molecular formula is C53H35N3. The molecule has 56 heavy (non-hydrogen) atoms. The number of hydrogen-bond donors (Lipinski definition) is 1. The van der Waals surface area contributed by atoms with E-state index in [-0.39, 0.29) is 6.17 Å². The molecule has 0 radical (unpaired) electrons. The molecule has 11 rings (SSSR count). The minimum atomic E-state index is -0.247. The van der Waals surface area contributed by atoms with Crippen molar-refractivity contribution >= 4 is 33.2 Å². The second kappa shape index (κ2) is 13.2. The molecule has 1 heterocycles. The molecular weight excluding hydrogens is 679 g/mol. The lowest BCUT2D eigenvalue weighted by Gasteiger charge is -2.23. The SMILES string of the molecule is c1ccc(C2=NC(c3cccc(-c4cccc5c(-c6ccc(-c7ccc8c9c(cccc79)-c7ccccc7-8)cc6)cccc45)c3)=NC(c3ccccc3)N2)cc1. The van der Waals surface area contributed by atoms with E-state index >= 15 is 0 Å². The molecule has 0 bridgehead atoms. The van der Waals surface area contributed by atoms with E-state index in [9.17, 15) is 0 Å². The number of aliphatic imine (C=N–C) groups is 2. The largest absolute Gasteiger partial charge is 0.344 e. The third-order valence-electron chi connectivity index (χ3n) is 11.3. The number of nitrogens with zero attached hydrogens (tertiary/aromatic N) is 2. The topological polar surface area (TPSA) is 36.8 Å². The van der Waals surface area contributed by atoms with Crippen molar-refractivity contribution < 1.29 is 0 Å². The van der Waals surface area contributed by atoms with Crippen LogP contribution in [0.1, 0.15) is 22.9 Å². The summed E-state index contributed by atoms with van der Waals surface area (Å²) < 4.78 is 0. The van der Waals surface area contributed by atoms with Crippen molar-refractivity contribution in [3.8, 4) is 55.6 Å². The van der Waals surface area contributed by atoms with Gasteiger partial charge in [-0.1, -0.05) is 194 Å². The first-order valence-corrected chi connectivity index (χ1v) is 19.2. The fraction of sp³-hybridized carbons (Fsp3) is 0.0189. The van der Waals surface area contributed by atoms with E-state index in [4.69, 9.17) is 9.98 Å². The summed E-state index contributed by atoms with van der Waals surface area (Å²) in [5.41, 5.74) is 15.6. The Balaban J connectivity index is 0.954. The molecule has 0 aromatic heterocycles. The molecule has 0 amide bonds. The predicted molar refractivity (Wildman–Crippen MR) is 234 cm³/mol. The van der Waals surface area contributed by atoms with E-state index in [0.717, 1.165) is 28.1 Å². The fourth-order valence-electron chi connectivity index (χ4n) is 8.66. The molecule has 9 aromatic rings. The minimum absolute atomic E-state index is 0.247. The maximum absolute atomic E-state index is 5.13. The lowest BCUT2D eigenvalue weighted by molar-refractivity contribution is 0.674. The number of rotatable bonds is 6. The Bertz CT molecular complexity index is 3000. The Morgan fingerprint density at radius 3 is 1.52 bits per heavy atom. The molecule has 2 aliphatic rings. The van der Waals surface area contributed by atoms with Gasteiger partial charge in [0.2, 0.25) is 0 Å². The molecule has 9 aromatic carbocycles. The molecule has 0 saturated heterocycles. The zero-order valence-corrected chi connectivity index (χ0v) is 30.5. The first-order chi connectivity index (χ1) is 27.8. The van der Waals surface area contributed by atoms with E-state index in [1.54, 1.807) is 0 Å². The molecule has 0 fully saturated rings. The van der Waals surface area contributed by atoms with Crippen LogP contribution in [0.15, 0.2) is 210 Å². The van der Waals surface area contributed by atoms with Gasteiger partial charge in [0.1, 0.15) is 12.0 Å². The Kier molecular flexibility index (Phi) is 7.56. The monoisotopic (exact) mass is 713 g/mol. The molecule has 0 spiro atoms. The Labute approximate surface area is 326 Å². The first-order valence-electron chi connectivity index (χ1n) is 19.2. The standard InChI is InChI=1S/C53H35N3/c1-3-13-36(14-4-1)51-54-52(37-15-5-2-6-16-37)56-53(55-51)39-18-9-17-38(33-39)41-22-11-23-43-40(21-10-24-44(41)43)34-27-29-35(30-28-34)42-31-32-49-46-20-8-7-19-45(46)48-26-12-25-47(42)50(48)49/h1-33,51H,(H,54,55,56). The molecule has 262 valence electrons. The van der Waals surface area contributed by atoms with Gasteiger partial charge in [-0.15, -0.1) is 0 Å². The van der Waals surface area contributed by atoms with Crippen molar-refractivity contribution in [2.75, 3.05) is 0 Å². The van der Waals surface area contributed by atoms with Crippen LogP contribution in [0.5, 0.6) is 0 Å². The third-order valence-corrected chi connectivity index (χ3v) is 11.3. The van der Waals surface area contributed by atoms with Gasteiger partial charge in [0.05, 0.1) is 0 Å². The van der Waals surface area contributed by atoms with Gasteiger partial charge < -0.3 is 5.32 Å². The molecule has 1 aliphatic carbocycles. The van der Waals surface area contributed by atoms with Crippen molar-refractivity contribution in [1.29, 1.82) is 0 Å². The Hall–Kier alpha value is -7.36. The van der Waals surface area contributed by atoms with Crippen molar-refractivity contribution in [2.45, 2.75) is 6.17 Å². The third kappa shape index (κ3) is 5.36. The summed E-state index contributed by atoms with van der Waals surface area (Å²) in [6.07, 6.45) is -0.247. The quantitative estimate of drug-likeness (QED) is 0.183. The summed E-state index contributed by atoms with van der Waals surface area (Å²) in [4.78, 5) is 10.2. The van der Waals surface area contributed by atoms with E-state index in [1.165, 1.54) is 71.6 Å². The Morgan fingerprint density at radius 1 is 0.339 bits per heavy atom. The van der Waals surface area contributed by atoms with Crippen LogP contribution in [-0.4, -0.2) is 11.7 Å². The second-order valence-corrected chi connectivity index (χ2v) is 14.5. The number of hydrogen-bond acceptors (Lipinski definition) is 3. The smallest absolute Gasteiger partial charge is 0.159 e. The molecule has 3 heteroatoms. The van der Waals surface area contributed by atoms with Crippen LogP contribution in [0.2, 0.25) is 0 Å². The van der Waals surface area contributed by atoms with Gasteiger partial charge in [-0.25, -0.2) is 9.98 Å². The van der Waals surface area contributed by atoms with Gasteiger partial charge in [-0.05, 0) is 88.8 Å². The van der Waals surface area contributed by atoms with Crippen molar-refractivity contribution in [1.82, 2.24) is 5.32 Å². The zero-order valence-electron chi connectivity index (χ0n) is 30.5. The van der Waals surface area contributed by atoms with Crippen LogP contribution in [0.4, 0.5) is 0 Å². The van der Waals surface area contributed by atoms with Crippen LogP contribution in [0.3, 0.4) is 0 Å². The highest BCUT2D eigenvalue weighted by atomic mass is 15.2. The van der Waals surface area contributed by atoms with Crippen LogP contribution in [0.25, 0.3) is 77.2 Å². The number of amidine groups is 2. The van der Waals surface area contributed by atoms with Crippen molar-refractivity contribution in [2.24, 2.45) is 9.98 Å². The van der Waals surface area contributed by atoms with E-state index in [0.29, 0.717) is 5.84 Å². The highest BCUT2D eigenvalue weighted by molar-refractivity contribution is 6.19. The summed E-state index contributed by atoms with van der Waals surface area (Å²) in [5, 5.41) is 8.66. The summed E-state index contributed by atoms with van der Waals surface area (Å²) in [6.45, 7) is 0. The summed E-state index contributed by atoms with van der Waals surface area (Å²) in [7, 11) is 0. The molecule has 3 nitrogen and oxygen atoms in total. The number of nitrogens with one attached hydrogen (secondary N) is 1. The number of fused-ring (bicyclic) bond motifs is 4. The molecule has 1 unspecified atom stereocenters. The number of benzene rings is 9. The zero-order chi connectivity index (χ0) is 37.0. The van der Waals surface area contributed by atoms with Crippen molar-refractivity contribution in [3.05, 3.63) is 217 Å². The maximum atomic E-state index is 5.13. The lowest BCUT2D eigenvalue weighted by atomic mass is 9.91. The van der Waals surface area contributed by atoms with Crippen LogP contribution < -0.4 is 5.32 Å². The molecule has 1 N–H and O–H groups in total. The van der Waals surface area contributed by atoms with E-state index in [2.05, 4.69) is 181 Å². The average molecular weight is 714 g/mol. The molecule has 0 saturated carbocycles. The van der Waals surface area contributed by atoms with Gasteiger partial charge in [-0.3, -0.25) is 0 Å². The second-order valence-electron chi connectivity index (χ2n) is 14.5. The maximum Gasteiger partial charge on any atom is 0.159 e. The van der Waals surface area contributed by atoms with Crippen molar-refractivity contribution in [3.63, 3.8) is 0 Å². The fourth-order valence-corrected chi connectivity index (χ4v) is 8.66. The highest BCUT2D eigenvalue weighted by Gasteiger charge is 2.23. The normalized spacial score (nSPS) is 14.2. The predicted octanol–water partition coefficient (Wildman–Crippen LogP) is 13.1. The van der Waals surface area contributed by atoms with Gasteiger partial charge >= 0.3 is 0 Å². The van der Waals surface area contributed by atoms with Crippen LogP contribution in [-0.2, 0) is 0 Å². The van der Waals surface area contributed by atoms with E-state index in [1.807, 2.05) is 24.3 Å². The first kappa shape index (κ1) is 32.1. The minimum Gasteiger partial charge on any atom is -0.344 e. The lowest BCUT2D eigenvalue weighted by Crippen LogP contribution is -2.33. The summed E-state index contributed by atoms with van der Waals surface area (Å²) >= 11 is 0. The Morgan fingerprint density at radius 2 is 0.821 bits per heavy atom. The average Bonchev–Trinajstić information content (AvgIpc) is 3.61. The van der Waals surface area contributed by atoms with Gasteiger partial charge in [0.15, 0.2) is 5.84 Å². The van der Waals surface area contributed by atoms with E-state index < -0.39 is 0 Å². The van der Waals surface area contributed by atoms with Crippen LogP contribution >= 0.6 is 0 Å². The highest BCUT2D eigenvalue weighted by Crippen LogP contribution is 2.49. The molecule has 1 aliphatic heterocycles. The van der Waals surface area contributed by atoms with Gasteiger partial charge in [0.25, 0.3) is 0 Å². The summed E-state index contributed by atoms with van der Waals surface area (Å²) in [6, 6.07) is 71.7. The summed E-state index contributed by atoms with van der Waals surface area (Å²) in [5.74, 6) is 1.53. The molecule has 1 atom stereocenters. The van der Waals surface area contributed by atoms with Gasteiger partial charge in [-0.2, -0.15) is 0 Å². The van der Waals surface area contributed by atoms with Crippen LogP contribution in [0, 0.1) is 0 Å².